The van der Waals surface area contributed by atoms with Gasteiger partial charge in [-0.05, 0) is 17.7 Å². The zero-order chi connectivity index (χ0) is 15.3. The summed E-state index contributed by atoms with van der Waals surface area (Å²) in [6.45, 7) is 0.0641. The second-order valence-electron chi connectivity index (χ2n) is 4.19. The lowest BCUT2D eigenvalue weighted by Crippen LogP contribution is -2.42. The standard InChI is InChI=1S/C11H16N4O4S/c12-9(5-10(13)16)11(17)15-6-7-2-1-3-8(4-7)20(14,18)19/h1-4,9H,5-6,12H2,(H2,13,16)(H,15,17)(H2,14,18,19). The van der Waals surface area contributed by atoms with Crippen LogP contribution in [0.15, 0.2) is 29.2 Å². The molecule has 0 bridgehead atoms. The van der Waals surface area contributed by atoms with E-state index in [9.17, 15) is 18.0 Å². The monoisotopic (exact) mass is 300 g/mol. The van der Waals surface area contributed by atoms with Crippen molar-refractivity contribution in [3.05, 3.63) is 29.8 Å². The molecule has 1 aromatic rings. The van der Waals surface area contributed by atoms with Crippen molar-refractivity contribution < 1.29 is 18.0 Å². The number of sulfonamides is 1. The SMILES string of the molecule is NC(=O)CC(N)C(=O)NCc1cccc(S(N)(=O)=O)c1. The number of nitrogens with one attached hydrogen (secondary N) is 1. The van der Waals surface area contributed by atoms with Crippen molar-refractivity contribution in [3.63, 3.8) is 0 Å². The number of hydrogen-bond donors (Lipinski definition) is 4. The van der Waals surface area contributed by atoms with Crippen LogP contribution in [0.2, 0.25) is 0 Å². The Hall–Kier alpha value is -1.97. The Labute approximate surface area is 116 Å². The van der Waals surface area contributed by atoms with E-state index in [4.69, 9.17) is 16.6 Å². The van der Waals surface area contributed by atoms with Gasteiger partial charge in [-0.15, -0.1) is 0 Å². The molecule has 0 fully saturated rings. The molecule has 1 rings (SSSR count). The zero-order valence-corrected chi connectivity index (χ0v) is 11.4. The van der Waals surface area contributed by atoms with Gasteiger partial charge >= 0.3 is 0 Å². The lowest BCUT2D eigenvalue weighted by atomic mass is 10.2. The third-order valence-electron chi connectivity index (χ3n) is 2.45. The Kier molecular flexibility index (Phi) is 5.19. The maximum atomic E-state index is 11.5. The minimum atomic E-state index is -3.79. The number of hydrogen-bond acceptors (Lipinski definition) is 5. The van der Waals surface area contributed by atoms with Crippen LogP contribution in [0, 0.1) is 0 Å². The van der Waals surface area contributed by atoms with Crippen molar-refractivity contribution >= 4 is 21.8 Å². The first-order valence-corrected chi connectivity index (χ1v) is 7.18. The molecule has 0 aromatic heterocycles. The summed E-state index contributed by atoms with van der Waals surface area (Å²) >= 11 is 0. The van der Waals surface area contributed by atoms with Crippen LogP contribution in [0.4, 0.5) is 0 Å². The normalized spacial score (nSPS) is 12.7. The van der Waals surface area contributed by atoms with Gasteiger partial charge in [0.15, 0.2) is 0 Å². The van der Waals surface area contributed by atoms with Gasteiger partial charge in [-0.3, -0.25) is 9.59 Å². The topological polar surface area (TPSA) is 158 Å². The lowest BCUT2D eigenvalue weighted by molar-refractivity contribution is -0.126. The van der Waals surface area contributed by atoms with Crippen LogP contribution in [0.1, 0.15) is 12.0 Å². The third kappa shape index (κ3) is 4.96. The van der Waals surface area contributed by atoms with E-state index in [0.29, 0.717) is 5.56 Å². The molecule has 0 heterocycles. The van der Waals surface area contributed by atoms with Crippen molar-refractivity contribution in [2.45, 2.75) is 23.9 Å². The molecule has 0 saturated heterocycles. The highest BCUT2D eigenvalue weighted by Crippen LogP contribution is 2.09. The number of primary sulfonamides is 1. The Morgan fingerprint density at radius 3 is 2.50 bits per heavy atom. The van der Waals surface area contributed by atoms with Crippen LogP contribution in [0.5, 0.6) is 0 Å². The molecule has 0 aliphatic heterocycles. The molecule has 9 heteroatoms. The van der Waals surface area contributed by atoms with E-state index in [1.807, 2.05) is 0 Å². The Balaban J connectivity index is 2.67. The first-order chi connectivity index (χ1) is 9.20. The number of carbonyl (C=O) groups excluding carboxylic acids is 2. The van der Waals surface area contributed by atoms with Crippen LogP contribution in [0.3, 0.4) is 0 Å². The van der Waals surface area contributed by atoms with Gasteiger partial charge in [-0.1, -0.05) is 12.1 Å². The highest BCUT2D eigenvalue weighted by atomic mass is 32.2. The molecular weight excluding hydrogens is 284 g/mol. The molecule has 1 aromatic carbocycles. The number of nitrogens with two attached hydrogens (primary N) is 3. The second-order valence-corrected chi connectivity index (χ2v) is 5.75. The molecule has 0 spiro atoms. The fourth-order valence-electron chi connectivity index (χ4n) is 1.46. The van der Waals surface area contributed by atoms with Gasteiger partial charge in [0.25, 0.3) is 0 Å². The molecule has 0 saturated carbocycles. The smallest absolute Gasteiger partial charge is 0.238 e. The third-order valence-corrected chi connectivity index (χ3v) is 3.36. The Morgan fingerprint density at radius 2 is 1.95 bits per heavy atom. The summed E-state index contributed by atoms with van der Waals surface area (Å²) in [5.41, 5.74) is 10.9. The van der Waals surface area contributed by atoms with E-state index < -0.39 is 27.9 Å². The van der Waals surface area contributed by atoms with Gasteiger partial charge in [0.2, 0.25) is 21.8 Å². The van der Waals surface area contributed by atoms with E-state index in [1.54, 1.807) is 6.07 Å². The van der Waals surface area contributed by atoms with Gasteiger partial charge < -0.3 is 16.8 Å². The molecule has 7 N–H and O–H groups in total. The number of primary amides is 1. The predicted octanol–water partition coefficient (Wildman–Crippen LogP) is -1.85. The van der Waals surface area contributed by atoms with Crippen molar-refractivity contribution in [1.29, 1.82) is 0 Å². The number of rotatable bonds is 6. The average molecular weight is 300 g/mol. The van der Waals surface area contributed by atoms with Crippen LogP contribution in [0.25, 0.3) is 0 Å². The van der Waals surface area contributed by atoms with E-state index >= 15 is 0 Å². The maximum Gasteiger partial charge on any atom is 0.238 e. The summed E-state index contributed by atoms with van der Waals surface area (Å²) < 4.78 is 22.3. The number of amides is 2. The maximum absolute atomic E-state index is 11.5. The highest BCUT2D eigenvalue weighted by molar-refractivity contribution is 7.89. The molecule has 1 unspecified atom stereocenters. The fourth-order valence-corrected chi connectivity index (χ4v) is 2.05. The summed E-state index contributed by atoms with van der Waals surface area (Å²) in [6, 6.07) is 4.78. The van der Waals surface area contributed by atoms with Gasteiger partial charge in [-0.2, -0.15) is 0 Å². The fraction of sp³-hybridized carbons (Fsp3) is 0.273. The minimum Gasteiger partial charge on any atom is -0.370 e. The van der Waals surface area contributed by atoms with E-state index in [2.05, 4.69) is 5.32 Å². The zero-order valence-electron chi connectivity index (χ0n) is 10.6. The molecule has 0 aliphatic carbocycles. The Bertz CT molecular complexity index is 615. The molecule has 2 amide bonds. The van der Waals surface area contributed by atoms with Crippen LogP contribution in [-0.2, 0) is 26.2 Å². The van der Waals surface area contributed by atoms with Crippen molar-refractivity contribution in [1.82, 2.24) is 5.32 Å². The summed E-state index contributed by atoms with van der Waals surface area (Å²) in [4.78, 5) is 22.1. The van der Waals surface area contributed by atoms with Crippen molar-refractivity contribution in [2.75, 3.05) is 0 Å². The second kappa shape index (κ2) is 6.46. The summed E-state index contributed by atoms with van der Waals surface area (Å²) in [6.07, 6.45) is -0.261. The van der Waals surface area contributed by atoms with E-state index in [0.717, 1.165) is 0 Å². The van der Waals surface area contributed by atoms with Gasteiger partial charge in [-0.25, -0.2) is 13.6 Å². The molecule has 20 heavy (non-hydrogen) atoms. The van der Waals surface area contributed by atoms with Crippen LogP contribution < -0.4 is 21.9 Å². The quantitative estimate of drug-likeness (QED) is 0.485. The summed E-state index contributed by atoms with van der Waals surface area (Å²) in [7, 11) is -3.79. The number of benzene rings is 1. The van der Waals surface area contributed by atoms with Crippen molar-refractivity contribution in [2.24, 2.45) is 16.6 Å². The first kappa shape index (κ1) is 16.1. The molecule has 110 valence electrons. The summed E-state index contributed by atoms with van der Waals surface area (Å²) in [5.74, 6) is -1.23. The highest BCUT2D eigenvalue weighted by Gasteiger charge is 2.15. The lowest BCUT2D eigenvalue weighted by Gasteiger charge is -2.11. The van der Waals surface area contributed by atoms with Crippen LogP contribution >= 0.6 is 0 Å². The molecule has 0 aliphatic rings. The van der Waals surface area contributed by atoms with Crippen molar-refractivity contribution in [3.8, 4) is 0 Å². The van der Waals surface area contributed by atoms with Gasteiger partial charge in [0, 0.05) is 6.54 Å². The van der Waals surface area contributed by atoms with Gasteiger partial charge in [0.1, 0.15) is 0 Å². The van der Waals surface area contributed by atoms with E-state index in [1.165, 1.54) is 18.2 Å². The number of carbonyl (C=O) groups is 2. The molecular formula is C11H16N4O4S. The summed E-state index contributed by atoms with van der Waals surface area (Å²) in [5, 5.41) is 7.47. The molecule has 8 nitrogen and oxygen atoms in total. The molecule has 0 radical (unpaired) electrons. The predicted molar refractivity (Wildman–Crippen MR) is 71.4 cm³/mol. The van der Waals surface area contributed by atoms with Crippen LogP contribution in [-0.4, -0.2) is 26.3 Å². The molecule has 1 atom stereocenters. The first-order valence-electron chi connectivity index (χ1n) is 5.63. The average Bonchev–Trinajstić information content (AvgIpc) is 2.34. The largest absolute Gasteiger partial charge is 0.370 e. The van der Waals surface area contributed by atoms with E-state index in [-0.39, 0.29) is 17.9 Å². The Morgan fingerprint density at radius 1 is 1.30 bits per heavy atom. The minimum absolute atomic E-state index is 0.0503. The van der Waals surface area contributed by atoms with Gasteiger partial charge in [0.05, 0.1) is 17.4 Å².